The molecule has 2 aromatic rings. The van der Waals surface area contributed by atoms with Crippen molar-refractivity contribution in [3.63, 3.8) is 0 Å². The predicted molar refractivity (Wildman–Crippen MR) is 98.4 cm³/mol. The number of carbonyl (C=O) groups is 2. The molecular weight excluding hydrogens is 406 g/mol. The molecule has 5 nitrogen and oxygen atoms in total. The Labute approximate surface area is 163 Å². The summed E-state index contributed by atoms with van der Waals surface area (Å²) in [5.41, 5.74) is 1.04. The molecule has 9 heteroatoms. The van der Waals surface area contributed by atoms with Crippen molar-refractivity contribution in [1.82, 2.24) is 0 Å². The van der Waals surface area contributed by atoms with Crippen molar-refractivity contribution in [1.29, 1.82) is 0 Å². The molecule has 136 valence electrons. The molecule has 0 radical (unpaired) electrons. The maximum absolute atomic E-state index is 14.0. The number of benzene rings is 2. The number of fused-ring (bicyclic) bond motifs is 1. The number of nitrogens with zero attached hydrogens (tertiary/aromatic N) is 1. The highest BCUT2D eigenvalue weighted by Crippen LogP contribution is 2.36. The van der Waals surface area contributed by atoms with Crippen LogP contribution in [0.15, 0.2) is 42.5 Å². The molecule has 2 amide bonds. The monoisotopic (exact) mass is 416 g/mol. The Morgan fingerprint density at radius 1 is 1.23 bits per heavy atom. The van der Waals surface area contributed by atoms with Gasteiger partial charge >= 0.3 is 0 Å². The second-order valence-electron chi connectivity index (χ2n) is 5.49. The molecule has 1 N–H and O–H groups in total. The van der Waals surface area contributed by atoms with Gasteiger partial charge in [-0.05, 0) is 24.3 Å². The highest BCUT2D eigenvalue weighted by Gasteiger charge is 2.32. The summed E-state index contributed by atoms with van der Waals surface area (Å²) in [4.78, 5) is 25.5. The second kappa shape index (κ2) is 7.31. The van der Waals surface area contributed by atoms with Crippen LogP contribution in [0.3, 0.4) is 0 Å². The summed E-state index contributed by atoms with van der Waals surface area (Å²) in [6.45, 7) is -0.148. The first-order valence-electron chi connectivity index (χ1n) is 7.44. The molecule has 0 fully saturated rings. The molecular formula is C17H12Cl3FN2O3. The fourth-order valence-electron chi connectivity index (χ4n) is 2.45. The Balaban J connectivity index is 1.92. The van der Waals surface area contributed by atoms with Crippen molar-refractivity contribution in [2.75, 3.05) is 16.8 Å². The minimum absolute atomic E-state index is 0.0176. The smallest absolute Gasteiger partial charge is 0.276 e. The van der Waals surface area contributed by atoms with E-state index in [-0.39, 0.29) is 19.1 Å². The summed E-state index contributed by atoms with van der Waals surface area (Å²) < 4.78 is 17.2. The number of anilines is 2. The van der Waals surface area contributed by atoms with Crippen molar-refractivity contribution >= 4 is 58.0 Å². The lowest BCUT2D eigenvalue weighted by Gasteiger charge is -2.30. The minimum atomic E-state index is -2.13. The van der Waals surface area contributed by atoms with E-state index in [1.54, 1.807) is 30.3 Å². The number of alkyl halides is 3. The van der Waals surface area contributed by atoms with E-state index in [0.29, 0.717) is 22.7 Å². The zero-order chi connectivity index (χ0) is 18.9. The summed E-state index contributed by atoms with van der Waals surface area (Å²) in [6, 6.07) is 10.8. The summed E-state index contributed by atoms with van der Waals surface area (Å²) in [5.74, 6) is -1.18. The minimum Gasteiger partial charge on any atom is -0.482 e. The van der Waals surface area contributed by atoms with Crippen LogP contribution < -0.4 is 15.0 Å². The Kier molecular flexibility index (Phi) is 5.27. The van der Waals surface area contributed by atoms with E-state index in [0.717, 1.165) is 0 Å². The molecule has 3 rings (SSSR count). The van der Waals surface area contributed by atoms with Gasteiger partial charge in [-0.2, -0.15) is 0 Å². The van der Waals surface area contributed by atoms with Gasteiger partial charge in [-0.15, -0.1) is 0 Å². The molecule has 0 unspecified atom stereocenters. The molecule has 0 aliphatic carbocycles. The molecule has 0 atom stereocenters. The van der Waals surface area contributed by atoms with Crippen LogP contribution >= 0.6 is 34.8 Å². The van der Waals surface area contributed by atoms with Crippen LogP contribution in [0.25, 0.3) is 0 Å². The fraction of sp³-hybridized carbons (Fsp3) is 0.176. The molecule has 0 bridgehead atoms. The number of rotatable bonds is 3. The van der Waals surface area contributed by atoms with Gasteiger partial charge in [0, 0.05) is 11.3 Å². The van der Waals surface area contributed by atoms with Crippen molar-refractivity contribution in [3.8, 4) is 5.75 Å². The average Bonchev–Trinajstić information content (AvgIpc) is 2.58. The van der Waals surface area contributed by atoms with E-state index >= 15 is 0 Å². The molecule has 1 aliphatic rings. The van der Waals surface area contributed by atoms with Crippen molar-refractivity contribution in [2.24, 2.45) is 0 Å². The average molecular weight is 418 g/mol. The first kappa shape index (κ1) is 18.8. The van der Waals surface area contributed by atoms with Gasteiger partial charge in [0.1, 0.15) is 11.6 Å². The quantitative estimate of drug-likeness (QED) is 0.766. The van der Waals surface area contributed by atoms with Gasteiger partial charge in [0.25, 0.3) is 15.6 Å². The van der Waals surface area contributed by atoms with E-state index in [9.17, 15) is 14.0 Å². The molecule has 2 aromatic carbocycles. The Bertz CT molecular complexity index is 871. The predicted octanol–water partition coefficient (Wildman–Crippen LogP) is 4.06. The van der Waals surface area contributed by atoms with Crippen LogP contribution in [0.2, 0.25) is 0 Å². The standard InChI is InChI=1S/C17H12Cl3FN2O3/c18-17(19,20)16(25)22-11-5-6-14-13(7-11)23(15(24)9-26-14)8-10-3-1-2-4-12(10)21/h1-7H,8-9H2,(H,22,25). The summed E-state index contributed by atoms with van der Waals surface area (Å²) in [7, 11) is 0. The zero-order valence-electron chi connectivity index (χ0n) is 13.1. The third-order valence-corrected chi connectivity index (χ3v) is 4.22. The maximum Gasteiger partial charge on any atom is 0.276 e. The van der Waals surface area contributed by atoms with Gasteiger partial charge in [0.05, 0.1) is 12.2 Å². The maximum atomic E-state index is 14.0. The molecule has 0 spiro atoms. The lowest BCUT2D eigenvalue weighted by Crippen LogP contribution is -2.38. The highest BCUT2D eigenvalue weighted by molar-refractivity contribution is 6.76. The molecule has 26 heavy (non-hydrogen) atoms. The highest BCUT2D eigenvalue weighted by atomic mass is 35.6. The zero-order valence-corrected chi connectivity index (χ0v) is 15.4. The lowest BCUT2D eigenvalue weighted by molar-refractivity contribution is -0.121. The number of nitrogens with one attached hydrogen (secondary N) is 1. The van der Waals surface area contributed by atoms with Gasteiger partial charge in [-0.1, -0.05) is 53.0 Å². The lowest BCUT2D eigenvalue weighted by atomic mass is 10.1. The Morgan fingerprint density at radius 2 is 1.96 bits per heavy atom. The molecule has 0 saturated heterocycles. The second-order valence-corrected chi connectivity index (χ2v) is 7.78. The molecule has 0 aromatic heterocycles. The normalized spacial score (nSPS) is 13.8. The Morgan fingerprint density at radius 3 is 2.65 bits per heavy atom. The van der Waals surface area contributed by atoms with Crippen molar-refractivity contribution in [3.05, 3.63) is 53.8 Å². The number of halogens is 4. The van der Waals surface area contributed by atoms with E-state index in [4.69, 9.17) is 39.5 Å². The Hall–Kier alpha value is -2.02. The summed E-state index contributed by atoms with van der Waals surface area (Å²) in [5, 5.41) is 2.44. The van der Waals surface area contributed by atoms with Crippen LogP contribution in [0.4, 0.5) is 15.8 Å². The van der Waals surface area contributed by atoms with Gasteiger partial charge in [-0.3, -0.25) is 9.59 Å². The van der Waals surface area contributed by atoms with E-state index in [2.05, 4.69) is 5.32 Å². The van der Waals surface area contributed by atoms with Crippen LogP contribution in [0.5, 0.6) is 5.75 Å². The number of ether oxygens (including phenoxy) is 1. The fourth-order valence-corrected chi connectivity index (χ4v) is 2.59. The van der Waals surface area contributed by atoms with E-state index in [1.165, 1.54) is 17.0 Å². The van der Waals surface area contributed by atoms with Gasteiger partial charge in [-0.25, -0.2) is 4.39 Å². The van der Waals surface area contributed by atoms with Crippen molar-refractivity contribution in [2.45, 2.75) is 10.3 Å². The number of amides is 2. The first-order valence-corrected chi connectivity index (χ1v) is 8.58. The SMILES string of the molecule is O=C1COc2ccc(NC(=O)C(Cl)(Cl)Cl)cc2N1Cc1ccccc1F. The topological polar surface area (TPSA) is 58.6 Å². The summed E-state index contributed by atoms with van der Waals surface area (Å²) in [6.07, 6.45) is 0. The van der Waals surface area contributed by atoms with Crippen LogP contribution in [0.1, 0.15) is 5.56 Å². The third kappa shape index (κ3) is 4.03. The largest absolute Gasteiger partial charge is 0.482 e. The molecule has 0 saturated carbocycles. The van der Waals surface area contributed by atoms with Crippen LogP contribution in [0, 0.1) is 5.82 Å². The van der Waals surface area contributed by atoms with Crippen molar-refractivity contribution < 1.29 is 18.7 Å². The van der Waals surface area contributed by atoms with Gasteiger partial charge in [0.2, 0.25) is 0 Å². The molecule has 1 heterocycles. The van der Waals surface area contributed by atoms with Crippen LogP contribution in [-0.4, -0.2) is 22.2 Å². The van der Waals surface area contributed by atoms with Gasteiger partial charge < -0.3 is 15.0 Å². The number of carbonyl (C=O) groups excluding carboxylic acids is 2. The summed E-state index contributed by atoms with van der Waals surface area (Å²) >= 11 is 16.6. The third-order valence-electron chi connectivity index (χ3n) is 3.70. The van der Waals surface area contributed by atoms with Crippen LogP contribution in [-0.2, 0) is 16.1 Å². The number of hydrogen-bond acceptors (Lipinski definition) is 3. The van der Waals surface area contributed by atoms with Gasteiger partial charge in [0.15, 0.2) is 6.61 Å². The first-order chi connectivity index (χ1) is 12.3. The van der Waals surface area contributed by atoms with E-state index < -0.39 is 15.5 Å². The number of hydrogen-bond donors (Lipinski definition) is 1. The molecule has 1 aliphatic heterocycles. The van der Waals surface area contributed by atoms with E-state index in [1.807, 2.05) is 0 Å².